The highest BCUT2D eigenvalue weighted by molar-refractivity contribution is 6.30. The molecule has 11 heteroatoms. The summed E-state index contributed by atoms with van der Waals surface area (Å²) in [4.78, 5) is 0. The van der Waals surface area contributed by atoms with E-state index in [1.807, 2.05) is 36.4 Å². The van der Waals surface area contributed by atoms with E-state index in [0.29, 0.717) is 0 Å². The van der Waals surface area contributed by atoms with Gasteiger partial charge in [0.05, 0.1) is 33.4 Å². The van der Waals surface area contributed by atoms with Gasteiger partial charge in [0.25, 0.3) is 0 Å². The Hall–Kier alpha value is -8.55. The second-order valence-electron chi connectivity index (χ2n) is 10.1. The van der Waals surface area contributed by atoms with Gasteiger partial charge in [-0.3, -0.25) is 0 Å². The molecule has 0 spiro atoms. The maximum Gasteiger partial charge on any atom is 0.141 e. The van der Waals surface area contributed by atoms with Crippen molar-refractivity contribution in [3.8, 4) is 60.7 Å². The molecule has 3 aromatic carbocycles. The molecule has 0 fully saturated rings. The third-order valence-electron chi connectivity index (χ3n) is 7.96. The summed E-state index contributed by atoms with van der Waals surface area (Å²) >= 11 is 0. The Labute approximate surface area is 272 Å². The summed E-state index contributed by atoms with van der Waals surface area (Å²) < 4.78 is 17.2. The molecule has 0 aliphatic heterocycles. The van der Waals surface area contributed by atoms with E-state index >= 15 is 4.39 Å². The number of hydrogen-bond donors (Lipinski definition) is 0. The zero-order valence-corrected chi connectivity index (χ0v) is 24.3. The Balaban J connectivity index is 2.03. The first kappa shape index (κ1) is 30.9. The summed E-state index contributed by atoms with van der Waals surface area (Å²) in [6, 6.07) is 26.4. The topological polar surface area (TPSA) is 238 Å². The summed E-state index contributed by atoms with van der Waals surface area (Å²) in [5.74, 6) is -1.12. The van der Waals surface area contributed by atoms with Crippen LogP contribution in [0.3, 0.4) is 0 Å². The van der Waals surface area contributed by atoms with Crippen LogP contribution in [0.25, 0.3) is 33.4 Å². The van der Waals surface area contributed by atoms with Crippen molar-refractivity contribution in [2.75, 3.05) is 0 Å². The Bertz CT molecular complexity index is 2470. The number of nitrogens with zero attached hydrogens (tertiary/aromatic N) is 10. The number of allylic oxidation sites excluding steroid dienone is 8. The number of hydrogen-bond acceptors (Lipinski definition) is 10. The Morgan fingerprint density at radius 2 is 0.833 bits per heavy atom. The zero-order chi connectivity index (χ0) is 34.9. The van der Waals surface area contributed by atoms with Gasteiger partial charge in [0.2, 0.25) is 0 Å². The standard InChI is InChI=1S/C37H9FN10/c1-18-29-33(25(12-43)13-44)31(19-2-4-21(8-39)23(6-19)10-41)27(16-47)35(29)37(38)36-28(17-48)32(34(30(18)36)26(14-45)15-46)20-3-5-22(9-40)24(7-20)11-42/h2-7H,1H3. The molecule has 0 N–H and O–H groups in total. The first-order valence-corrected chi connectivity index (χ1v) is 13.4. The highest BCUT2D eigenvalue weighted by atomic mass is 19.1. The van der Waals surface area contributed by atoms with E-state index in [2.05, 4.69) is 0 Å². The number of nitriles is 10. The Kier molecular flexibility index (Phi) is 7.63. The van der Waals surface area contributed by atoms with Gasteiger partial charge < -0.3 is 0 Å². The lowest BCUT2D eigenvalue weighted by atomic mass is 9.84. The molecule has 0 radical (unpaired) electrons. The van der Waals surface area contributed by atoms with Gasteiger partial charge in [0, 0.05) is 33.4 Å². The van der Waals surface area contributed by atoms with Crippen LogP contribution in [0.5, 0.6) is 0 Å². The minimum atomic E-state index is -1.12. The van der Waals surface area contributed by atoms with Crippen molar-refractivity contribution in [1.82, 2.24) is 0 Å². The molecule has 0 saturated carbocycles. The fourth-order valence-electron chi connectivity index (χ4n) is 6.04. The van der Waals surface area contributed by atoms with Gasteiger partial charge in [-0.2, -0.15) is 52.6 Å². The molecule has 0 saturated heterocycles. The van der Waals surface area contributed by atoms with Gasteiger partial charge in [-0.1, -0.05) is 12.1 Å². The van der Waals surface area contributed by atoms with E-state index in [1.54, 1.807) is 24.3 Å². The molecule has 0 aromatic heterocycles. The van der Waals surface area contributed by atoms with Crippen LogP contribution >= 0.6 is 0 Å². The molecule has 0 atom stereocenters. The molecule has 48 heavy (non-hydrogen) atoms. The van der Waals surface area contributed by atoms with Crippen molar-refractivity contribution < 1.29 is 4.39 Å². The smallest absolute Gasteiger partial charge is 0.141 e. The maximum absolute atomic E-state index is 17.2. The lowest BCUT2D eigenvalue weighted by Gasteiger charge is -2.17. The number of rotatable bonds is 2. The molecule has 0 bridgehead atoms. The molecular weight excluding hydrogens is 603 g/mol. The van der Waals surface area contributed by atoms with Crippen LogP contribution in [0, 0.1) is 126 Å². The average molecular weight is 613 g/mol. The molecule has 2 aliphatic rings. The number of halogens is 1. The van der Waals surface area contributed by atoms with Crippen LogP contribution in [0.2, 0.25) is 0 Å². The Morgan fingerprint density at radius 3 is 1.12 bits per heavy atom. The quantitative estimate of drug-likeness (QED) is 0.300. The van der Waals surface area contributed by atoms with Crippen molar-refractivity contribution in [2.24, 2.45) is 0 Å². The molecule has 2 aliphatic carbocycles. The molecule has 0 amide bonds. The first-order chi connectivity index (χ1) is 23.2. The van der Waals surface area contributed by atoms with Gasteiger partial charge >= 0.3 is 0 Å². The maximum atomic E-state index is 17.2. The highest BCUT2D eigenvalue weighted by Gasteiger charge is 2.42. The lowest BCUT2D eigenvalue weighted by molar-refractivity contribution is 0.620. The average Bonchev–Trinajstić information content (AvgIpc) is 3.65. The number of fused-ring (bicyclic) bond motifs is 2. The summed E-state index contributed by atoms with van der Waals surface area (Å²) in [6.45, 7) is 1.46. The normalized spacial score (nSPS) is 11.9. The second kappa shape index (κ2) is 11.9. The van der Waals surface area contributed by atoms with Crippen molar-refractivity contribution in [1.29, 1.82) is 52.6 Å². The van der Waals surface area contributed by atoms with E-state index in [9.17, 15) is 52.6 Å². The van der Waals surface area contributed by atoms with Gasteiger partial charge in [0.15, 0.2) is 0 Å². The van der Waals surface area contributed by atoms with E-state index in [0.717, 1.165) is 0 Å². The van der Waals surface area contributed by atoms with E-state index in [1.165, 1.54) is 43.3 Å². The van der Waals surface area contributed by atoms with E-state index in [4.69, 9.17) is 0 Å². The van der Waals surface area contributed by atoms with Crippen molar-refractivity contribution in [2.45, 2.75) is 6.92 Å². The largest absolute Gasteiger partial charge is 0.206 e. The van der Waals surface area contributed by atoms with Crippen LogP contribution in [0.1, 0.15) is 61.2 Å². The highest BCUT2D eigenvalue weighted by Crippen LogP contribution is 2.57. The fraction of sp³-hybridized carbons (Fsp3) is 0.0270. The fourth-order valence-corrected chi connectivity index (χ4v) is 6.04. The van der Waals surface area contributed by atoms with E-state index < -0.39 is 17.0 Å². The third kappa shape index (κ3) is 4.15. The molecule has 0 unspecified atom stereocenters. The van der Waals surface area contributed by atoms with Crippen LogP contribution < -0.4 is 0 Å². The lowest BCUT2D eigenvalue weighted by Crippen LogP contribution is -2.04. The van der Waals surface area contributed by atoms with Crippen molar-refractivity contribution in [3.05, 3.63) is 115 Å². The minimum absolute atomic E-state index is 0.0116. The summed E-state index contributed by atoms with van der Waals surface area (Å²) in [7, 11) is 0. The zero-order valence-electron chi connectivity index (χ0n) is 24.3. The molecule has 0 heterocycles. The molecule has 10 nitrogen and oxygen atoms in total. The van der Waals surface area contributed by atoms with E-state index in [-0.39, 0.29) is 94.6 Å². The van der Waals surface area contributed by atoms with Crippen LogP contribution in [-0.2, 0) is 0 Å². The number of benzene rings is 3. The van der Waals surface area contributed by atoms with Crippen molar-refractivity contribution in [3.63, 3.8) is 0 Å². The summed E-state index contributed by atoms with van der Waals surface area (Å²) in [5.41, 5.74) is -2.82. The van der Waals surface area contributed by atoms with Crippen LogP contribution in [-0.4, -0.2) is 0 Å². The monoisotopic (exact) mass is 612 g/mol. The van der Waals surface area contributed by atoms with Gasteiger partial charge in [0.1, 0.15) is 77.7 Å². The predicted octanol–water partition coefficient (Wildman–Crippen LogP) is 6.12. The first-order valence-electron chi connectivity index (χ1n) is 13.4. The predicted molar refractivity (Wildman–Crippen MR) is 164 cm³/mol. The van der Waals surface area contributed by atoms with Crippen LogP contribution in [0.4, 0.5) is 4.39 Å². The Morgan fingerprint density at radius 1 is 0.479 bits per heavy atom. The van der Waals surface area contributed by atoms with Gasteiger partial charge in [-0.25, -0.2) is 4.39 Å². The molecule has 214 valence electrons. The van der Waals surface area contributed by atoms with Gasteiger partial charge in [-0.15, -0.1) is 0 Å². The third-order valence-corrected chi connectivity index (χ3v) is 7.96. The summed E-state index contributed by atoms with van der Waals surface area (Å²) in [5, 5.41) is 99.2. The SMILES string of the molecule is Cc1c2c(c(F)c3c1C(=C(C#N)C#N)C(c1ccc(C#N)c(C#N)c1)=C3C#N)C(C#N)=C(c1ccc(C#N)c(C#N)c1)C2=C(C#N)C#N. The minimum Gasteiger partial charge on any atom is -0.206 e. The molecule has 3 aromatic rings. The van der Waals surface area contributed by atoms with Crippen LogP contribution in [0.15, 0.2) is 47.5 Å². The van der Waals surface area contributed by atoms with Gasteiger partial charge in [-0.05, 0) is 59.0 Å². The second-order valence-corrected chi connectivity index (χ2v) is 10.1. The summed E-state index contributed by atoms with van der Waals surface area (Å²) in [6.07, 6.45) is 0. The molecular formula is C37H9FN10. The molecule has 5 rings (SSSR count). The van der Waals surface area contributed by atoms with Crippen molar-refractivity contribution >= 4 is 33.4 Å².